The summed E-state index contributed by atoms with van der Waals surface area (Å²) < 4.78 is 5.28. The lowest BCUT2D eigenvalue weighted by molar-refractivity contribution is -0.120. The molecule has 1 aliphatic carbocycles. The van der Waals surface area contributed by atoms with E-state index in [1.165, 1.54) is 42.3 Å². The van der Waals surface area contributed by atoms with Crippen LogP contribution in [0.1, 0.15) is 135 Å². The molecule has 2 aliphatic heterocycles. The topological polar surface area (TPSA) is 66.9 Å². The highest BCUT2D eigenvalue weighted by molar-refractivity contribution is 5.98. The lowest BCUT2D eigenvalue weighted by atomic mass is 9.83. The molecule has 46 heavy (non-hydrogen) atoms. The number of Topliss-reactive ketones (excluding diaryl/α,β-unsaturated/α-hetero) is 3. The van der Waals surface area contributed by atoms with Gasteiger partial charge in [0.25, 0.3) is 0 Å². The molecule has 0 amide bonds. The molecule has 2 heterocycles. The van der Waals surface area contributed by atoms with Crippen molar-refractivity contribution in [1.29, 1.82) is 0 Å². The third-order valence-electron chi connectivity index (χ3n) is 8.79. The van der Waals surface area contributed by atoms with Crippen LogP contribution >= 0.6 is 0 Å². The minimum Gasteiger partial charge on any atom is -0.478 e. The standard InChI is InChI=1S/C26H30N2O3.C9H16O.2C2H6.CH4.H2/c1-18-6-4-5-7-24(18)28-12-10-20(11-13-28)23-9-8-21(19(2)29)14-22(23)15-26(30)25-16-31-17-27(25)3;1-2-3-5-8-6-4-7-9(8)10;2*1-2;;/h4-9,14,16,20H,10-13,15,17H2,1-3H3;8H,2-7H2,1H3;2*1-2H3;1H4;1H. The number of para-hydroxylation sites is 1. The summed E-state index contributed by atoms with van der Waals surface area (Å²) in [6.07, 6.45) is 10.7. The van der Waals surface area contributed by atoms with Crippen molar-refractivity contribution in [1.82, 2.24) is 4.90 Å². The van der Waals surface area contributed by atoms with Crippen molar-refractivity contribution in [3.05, 3.63) is 76.7 Å². The van der Waals surface area contributed by atoms with E-state index in [4.69, 9.17) is 4.74 Å². The van der Waals surface area contributed by atoms with E-state index in [1.54, 1.807) is 6.92 Å². The molecule has 1 unspecified atom stereocenters. The van der Waals surface area contributed by atoms with Crippen LogP contribution in [0.4, 0.5) is 5.69 Å². The molecule has 2 fully saturated rings. The Bertz CT molecular complexity index is 1270. The lowest BCUT2D eigenvalue weighted by Crippen LogP contribution is -2.33. The molecular weight excluding hydrogens is 572 g/mol. The number of anilines is 1. The van der Waals surface area contributed by atoms with Crippen LogP contribution in [0.15, 0.2) is 54.4 Å². The molecule has 6 heteroatoms. The molecule has 2 aromatic rings. The number of carbonyl (C=O) groups is 3. The zero-order valence-corrected chi connectivity index (χ0v) is 29.3. The Balaban J connectivity index is 0.00000112. The minimum atomic E-state index is 0. The highest BCUT2D eigenvalue weighted by atomic mass is 16.5. The number of carbonyl (C=O) groups excluding carboxylic acids is 3. The Morgan fingerprint density at radius 2 is 1.67 bits per heavy atom. The maximum Gasteiger partial charge on any atom is 0.186 e. The van der Waals surface area contributed by atoms with Gasteiger partial charge in [-0.05, 0) is 80.7 Å². The monoisotopic (exact) mass is 636 g/mol. The molecular formula is C40H64N2O4. The Kier molecular flexibility index (Phi) is 18.9. The van der Waals surface area contributed by atoms with E-state index in [1.807, 2.05) is 51.8 Å². The van der Waals surface area contributed by atoms with E-state index < -0.39 is 0 Å². The number of hydrogen-bond acceptors (Lipinski definition) is 6. The number of unbranched alkanes of at least 4 members (excludes halogenated alkanes) is 1. The predicted molar refractivity (Wildman–Crippen MR) is 196 cm³/mol. The van der Waals surface area contributed by atoms with Gasteiger partial charge in [-0.15, -0.1) is 0 Å². The quantitative estimate of drug-likeness (QED) is 0.255. The van der Waals surface area contributed by atoms with E-state index >= 15 is 0 Å². The second kappa shape index (κ2) is 21.4. The predicted octanol–water partition coefficient (Wildman–Crippen LogP) is 9.93. The number of rotatable bonds is 9. The van der Waals surface area contributed by atoms with Crippen molar-refractivity contribution in [3.8, 4) is 0 Å². The van der Waals surface area contributed by atoms with Gasteiger partial charge in [0.05, 0.1) is 0 Å². The summed E-state index contributed by atoms with van der Waals surface area (Å²) >= 11 is 0. The van der Waals surface area contributed by atoms with Gasteiger partial charge < -0.3 is 14.5 Å². The number of nitrogens with zero attached hydrogens (tertiary/aromatic N) is 2. The molecule has 2 aromatic carbocycles. The average Bonchev–Trinajstić information content (AvgIpc) is 3.69. The maximum atomic E-state index is 12.9. The van der Waals surface area contributed by atoms with Gasteiger partial charge in [-0.25, -0.2) is 0 Å². The van der Waals surface area contributed by atoms with Crippen molar-refractivity contribution in [2.45, 2.75) is 120 Å². The number of ketones is 3. The first-order chi connectivity index (χ1) is 21.8. The van der Waals surface area contributed by atoms with Crippen molar-refractivity contribution in [2.24, 2.45) is 5.92 Å². The first kappa shape index (κ1) is 40.6. The Morgan fingerprint density at radius 3 is 2.22 bits per heavy atom. The zero-order valence-electron chi connectivity index (χ0n) is 29.3. The molecule has 1 saturated heterocycles. The van der Waals surface area contributed by atoms with E-state index in [-0.39, 0.29) is 26.8 Å². The van der Waals surface area contributed by atoms with Crippen LogP contribution in [-0.2, 0) is 20.7 Å². The molecule has 3 aliphatic rings. The molecule has 0 bridgehead atoms. The second-order valence-electron chi connectivity index (χ2n) is 11.8. The fraction of sp³-hybridized carbons (Fsp3) is 0.575. The third kappa shape index (κ3) is 11.4. The van der Waals surface area contributed by atoms with Gasteiger partial charge in [0.2, 0.25) is 0 Å². The fourth-order valence-electron chi connectivity index (χ4n) is 6.30. The Morgan fingerprint density at radius 1 is 1.00 bits per heavy atom. The van der Waals surface area contributed by atoms with Crippen molar-refractivity contribution in [3.63, 3.8) is 0 Å². The molecule has 0 spiro atoms. The summed E-state index contributed by atoms with van der Waals surface area (Å²) in [7, 11) is 1.85. The number of hydrogen-bond donors (Lipinski definition) is 0. The smallest absolute Gasteiger partial charge is 0.186 e. The summed E-state index contributed by atoms with van der Waals surface area (Å²) in [5.41, 5.74) is 6.02. The van der Waals surface area contributed by atoms with Crippen LogP contribution in [0, 0.1) is 12.8 Å². The van der Waals surface area contributed by atoms with Crippen molar-refractivity contribution < 1.29 is 20.5 Å². The highest BCUT2D eigenvalue weighted by Crippen LogP contribution is 2.34. The first-order valence-corrected chi connectivity index (χ1v) is 17.3. The molecule has 0 radical (unpaired) electrons. The number of allylic oxidation sites excluding steroid dienone is 1. The number of likely N-dealkylation sites (N-methyl/N-ethyl adjacent to an activating group) is 1. The Labute approximate surface area is 282 Å². The second-order valence-corrected chi connectivity index (χ2v) is 11.8. The summed E-state index contributed by atoms with van der Waals surface area (Å²) in [5.74, 6) is 1.40. The van der Waals surface area contributed by atoms with Crippen LogP contribution < -0.4 is 4.90 Å². The van der Waals surface area contributed by atoms with Gasteiger partial charge in [-0.2, -0.15) is 0 Å². The number of ether oxygens (including phenoxy) is 1. The summed E-state index contributed by atoms with van der Waals surface area (Å²) in [6, 6.07) is 14.4. The van der Waals surface area contributed by atoms with Crippen molar-refractivity contribution in [2.75, 3.05) is 31.8 Å². The van der Waals surface area contributed by atoms with Crippen LogP contribution in [0.3, 0.4) is 0 Å². The number of piperidine rings is 1. The van der Waals surface area contributed by atoms with Gasteiger partial charge in [-0.1, -0.05) is 85.2 Å². The first-order valence-electron chi connectivity index (χ1n) is 17.3. The van der Waals surface area contributed by atoms with Crippen molar-refractivity contribution >= 4 is 23.0 Å². The highest BCUT2D eigenvalue weighted by Gasteiger charge is 2.27. The summed E-state index contributed by atoms with van der Waals surface area (Å²) in [5, 5.41) is 0. The van der Waals surface area contributed by atoms with E-state index in [9.17, 15) is 14.4 Å². The van der Waals surface area contributed by atoms with Gasteiger partial charge >= 0.3 is 0 Å². The van der Waals surface area contributed by atoms with Crippen LogP contribution in [-0.4, -0.2) is 49.1 Å². The van der Waals surface area contributed by atoms with Gasteiger partial charge in [0, 0.05) is 51.6 Å². The number of benzene rings is 2. The molecule has 6 nitrogen and oxygen atoms in total. The van der Waals surface area contributed by atoms with Gasteiger partial charge in [0.1, 0.15) is 17.7 Å². The molecule has 5 rings (SSSR count). The molecule has 258 valence electrons. The minimum absolute atomic E-state index is 0. The van der Waals surface area contributed by atoms with Gasteiger partial charge in [-0.3, -0.25) is 14.4 Å². The van der Waals surface area contributed by atoms with Crippen LogP contribution in [0.5, 0.6) is 0 Å². The molecule has 0 aromatic heterocycles. The molecule has 0 N–H and O–H groups in total. The van der Waals surface area contributed by atoms with E-state index in [0.717, 1.165) is 50.8 Å². The SMILES string of the molecule is C.CC.CC.CC(=O)c1ccc(C2CCN(c3ccccc3C)CC2)c(CC(=O)C2=COCN2C)c1.CCCCC1CCCC1=O.[HH]. The maximum absolute atomic E-state index is 12.9. The van der Waals surface area contributed by atoms with E-state index in [2.05, 4.69) is 49.1 Å². The molecule has 1 saturated carbocycles. The largest absolute Gasteiger partial charge is 0.478 e. The van der Waals surface area contributed by atoms with E-state index in [0.29, 0.717) is 35.6 Å². The molecule has 1 atom stereocenters. The lowest BCUT2D eigenvalue weighted by Gasteiger charge is -2.35. The summed E-state index contributed by atoms with van der Waals surface area (Å²) in [4.78, 5) is 40.3. The number of aryl methyl sites for hydroxylation is 1. The Hall–Kier alpha value is -3.41. The van der Waals surface area contributed by atoms with Crippen LogP contribution in [0.25, 0.3) is 0 Å². The normalized spacial score (nSPS) is 17.2. The zero-order chi connectivity index (χ0) is 33.4. The average molecular weight is 637 g/mol. The van der Waals surface area contributed by atoms with Crippen LogP contribution in [0.2, 0.25) is 0 Å². The summed E-state index contributed by atoms with van der Waals surface area (Å²) in [6.45, 7) is 16.3. The van der Waals surface area contributed by atoms with Gasteiger partial charge in [0.15, 0.2) is 18.3 Å². The third-order valence-corrected chi connectivity index (χ3v) is 8.79. The fourth-order valence-corrected chi connectivity index (χ4v) is 6.30.